The normalized spacial score (nSPS) is 10.8. The summed E-state index contributed by atoms with van der Waals surface area (Å²) in [6.45, 7) is 4.16. The Morgan fingerprint density at radius 2 is 1.63 bits per heavy atom. The van der Waals surface area contributed by atoms with Crippen molar-refractivity contribution in [3.05, 3.63) is 59.7 Å². The molecule has 0 saturated carbocycles. The van der Waals surface area contributed by atoms with Crippen molar-refractivity contribution in [2.24, 2.45) is 0 Å². The van der Waals surface area contributed by atoms with Gasteiger partial charge in [0.1, 0.15) is 11.3 Å². The molecule has 0 atom stereocenters. The molecule has 0 unspecified atom stereocenters. The second kappa shape index (κ2) is 4.39. The molecule has 1 aromatic heterocycles. The topological polar surface area (TPSA) is 33.1 Å². The average Bonchev–Trinajstić information content (AvgIpc) is 2.38. The predicted molar refractivity (Wildman–Crippen MR) is 78.3 cm³/mol. The van der Waals surface area contributed by atoms with Crippen LogP contribution in [0, 0.1) is 13.8 Å². The highest BCUT2D eigenvalue weighted by Gasteiger charge is 2.05. The molecule has 0 aliphatic rings. The molecule has 2 aromatic carbocycles. The molecule has 0 fully saturated rings. The van der Waals surface area contributed by atoms with E-state index in [1.54, 1.807) is 6.07 Å². The number of para-hydroxylation sites is 1. The van der Waals surface area contributed by atoms with E-state index in [4.69, 9.17) is 0 Å². The summed E-state index contributed by atoms with van der Waals surface area (Å²) >= 11 is 0. The highest BCUT2D eigenvalue weighted by molar-refractivity contribution is 5.86. The van der Waals surface area contributed by atoms with Crippen LogP contribution in [-0.4, -0.2) is 10.1 Å². The molecule has 19 heavy (non-hydrogen) atoms. The third-order valence-electron chi connectivity index (χ3n) is 3.22. The zero-order valence-corrected chi connectivity index (χ0v) is 11.0. The predicted octanol–water partition coefficient (Wildman–Crippen LogP) is 4.22. The van der Waals surface area contributed by atoms with E-state index in [2.05, 4.69) is 37.0 Å². The fourth-order valence-corrected chi connectivity index (χ4v) is 2.41. The monoisotopic (exact) mass is 249 g/mol. The summed E-state index contributed by atoms with van der Waals surface area (Å²) < 4.78 is 0. The van der Waals surface area contributed by atoms with Crippen molar-refractivity contribution in [1.29, 1.82) is 0 Å². The number of aryl methyl sites for hydroxylation is 2. The van der Waals surface area contributed by atoms with Crippen LogP contribution in [0.2, 0.25) is 0 Å². The fourth-order valence-electron chi connectivity index (χ4n) is 2.41. The zero-order valence-electron chi connectivity index (χ0n) is 11.0. The maximum absolute atomic E-state index is 9.89. The Bertz CT molecular complexity index is 742. The molecule has 2 nitrogen and oxygen atoms in total. The number of aromatic hydroxyl groups is 1. The first-order valence-corrected chi connectivity index (χ1v) is 6.31. The lowest BCUT2D eigenvalue weighted by Crippen LogP contribution is -1.88. The van der Waals surface area contributed by atoms with Gasteiger partial charge in [-0.2, -0.15) is 0 Å². The number of nitrogens with zero attached hydrogens (tertiary/aromatic N) is 1. The van der Waals surface area contributed by atoms with Gasteiger partial charge < -0.3 is 5.11 Å². The van der Waals surface area contributed by atoms with E-state index >= 15 is 0 Å². The van der Waals surface area contributed by atoms with Gasteiger partial charge in [-0.3, -0.25) is 0 Å². The SMILES string of the molecule is Cc1cc(C)cc(-c2ccc3cccc(O)c3n2)c1. The largest absolute Gasteiger partial charge is 0.506 e. The molecule has 0 radical (unpaired) electrons. The molecule has 0 spiro atoms. The van der Waals surface area contributed by atoms with Crippen LogP contribution < -0.4 is 0 Å². The van der Waals surface area contributed by atoms with Gasteiger partial charge in [0.15, 0.2) is 0 Å². The summed E-state index contributed by atoms with van der Waals surface area (Å²) in [5.41, 5.74) is 5.06. The van der Waals surface area contributed by atoms with E-state index in [0.717, 1.165) is 16.6 Å². The van der Waals surface area contributed by atoms with E-state index in [9.17, 15) is 5.11 Å². The van der Waals surface area contributed by atoms with E-state index in [1.807, 2.05) is 24.3 Å². The van der Waals surface area contributed by atoms with E-state index in [1.165, 1.54) is 11.1 Å². The molecule has 0 saturated heterocycles. The van der Waals surface area contributed by atoms with Crippen LogP contribution in [0.4, 0.5) is 0 Å². The van der Waals surface area contributed by atoms with Gasteiger partial charge in [-0.15, -0.1) is 0 Å². The van der Waals surface area contributed by atoms with Gasteiger partial charge in [-0.25, -0.2) is 4.98 Å². The number of phenols is 1. The second-order valence-corrected chi connectivity index (χ2v) is 4.92. The Labute approximate surface area is 112 Å². The van der Waals surface area contributed by atoms with Crippen molar-refractivity contribution in [2.75, 3.05) is 0 Å². The van der Waals surface area contributed by atoms with E-state index < -0.39 is 0 Å². The Morgan fingerprint density at radius 1 is 0.895 bits per heavy atom. The lowest BCUT2D eigenvalue weighted by molar-refractivity contribution is 0.480. The van der Waals surface area contributed by atoms with Crippen molar-refractivity contribution < 1.29 is 5.11 Å². The van der Waals surface area contributed by atoms with Crippen molar-refractivity contribution in [3.8, 4) is 17.0 Å². The number of phenolic OH excluding ortho intramolecular Hbond substituents is 1. The Balaban J connectivity index is 2.22. The van der Waals surface area contributed by atoms with E-state index in [0.29, 0.717) is 5.52 Å². The van der Waals surface area contributed by atoms with Gasteiger partial charge in [0.25, 0.3) is 0 Å². The number of fused-ring (bicyclic) bond motifs is 1. The quantitative estimate of drug-likeness (QED) is 0.700. The summed E-state index contributed by atoms with van der Waals surface area (Å²) in [6.07, 6.45) is 0. The molecule has 3 rings (SSSR count). The smallest absolute Gasteiger partial charge is 0.141 e. The Morgan fingerprint density at radius 3 is 2.37 bits per heavy atom. The molecule has 0 aliphatic carbocycles. The molecule has 1 heterocycles. The van der Waals surface area contributed by atoms with Crippen LogP contribution >= 0.6 is 0 Å². The third kappa shape index (κ3) is 2.17. The minimum absolute atomic E-state index is 0.226. The van der Waals surface area contributed by atoms with Crippen LogP contribution in [0.25, 0.3) is 22.2 Å². The van der Waals surface area contributed by atoms with Crippen molar-refractivity contribution >= 4 is 10.9 Å². The Kier molecular flexibility index (Phi) is 2.71. The number of rotatable bonds is 1. The highest BCUT2D eigenvalue weighted by Crippen LogP contribution is 2.27. The molecule has 0 aliphatic heterocycles. The number of hydrogen-bond donors (Lipinski definition) is 1. The van der Waals surface area contributed by atoms with Crippen molar-refractivity contribution in [1.82, 2.24) is 4.98 Å². The van der Waals surface area contributed by atoms with Gasteiger partial charge in [-0.05, 0) is 38.1 Å². The van der Waals surface area contributed by atoms with Crippen LogP contribution in [0.15, 0.2) is 48.5 Å². The van der Waals surface area contributed by atoms with Crippen LogP contribution in [0.1, 0.15) is 11.1 Å². The highest BCUT2D eigenvalue weighted by atomic mass is 16.3. The summed E-state index contributed by atoms with van der Waals surface area (Å²) in [5.74, 6) is 0.226. The fraction of sp³-hybridized carbons (Fsp3) is 0.118. The molecule has 0 amide bonds. The summed E-state index contributed by atoms with van der Waals surface area (Å²) in [4.78, 5) is 4.58. The third-order valence-corrected chi connectivity index (χ3v) is 3.22. The second-order valence-electron chi connectivity index (χ2n) is 4.92. The maximum Gasteiger partial charge on any atom is 0.141 e. The van der Waals surface area contributed by atoms with Gasteiger partial charge in [-0.1, -0.05) is 35.4 Å². The molecule has 1 N–H and O–H groups in total. The van der Waals surface area contributed by atoms with Gasteiger partial charge in [0.05, 0.1) is 5.69 Å². The first-order chi connectivity index (χ1) is 9.13. The summed E-state index contributed by atoms with van der Waals surface area (Å²) in [6, 6.07) is 15.8. The standard InChI is InChI=1S/C17H15NO/c1-11-8-12(2)10-14(9-11)15-7-6-13-4-3-5-16(19)17(13)18-15/h3-10,19H,1-2H3. The minimum Gasteiger partial charge on any atom is -0.506 e. The van der Waals surface area contributed by atoms with Crippen molar-refractivity contribution in [2.45, 2.75) is 13.8 Å². The van der Waals surface area contributed by atoms with Crippen LogP contribution in [0.5, 0.6) is 5.75 Å². The zero-order chi connectivity index (χ0) is 13.4. The van der Waals surface area contributed by atoms with Gasteiger partial charge in [0, 0.05) is 10.9 Å². The number of benzene rings is 2. The maximum atomic E-state index is 9.89. The lowest BCUT2D eigenvalue weighted by Gasteiger charge is -2.07. The molecular formula is C17H15NO. The average molecular weight is 249 g/mol. The number of aromatic nitrogens is 1. The van der Waals surface area contributed by atoms with Gasteiger partial charge in [0.2, 0.25) is 0 Å². The molecule has 94 valence electrons. The van der Waals surface area contributed by atoms with Crippen LogP contribution in [-0.2, 0) is 0 Å². The molecule has 3 aromatic rings. The number of hydrogen-bond acceptors (Lipinski definition) is 2. The van der Waals surface area contributed by atoms with Crippen molar-refractivity contribution in [3.63, 3.8) is 0 Å². The summed E-state index contributed by atoms with van der Waals surface area (Å²) in [5, 5.41) is 10.8. The molecular weight excluding hydrogens is 234 g/mol. The molecule has 2 heteroatoms. The number of pyridine rings is 1. The first kappa shape index (κ1) is 11.7. The van der Waals surface area contributed by atoms with Gasteiger partial charge >= 0.3 is 0 Å². The summed E-state index contributed by atoms with van der Waals surface area (Å²) in [7, 11) is 0. The van der Waals surface area contributed by atoms with E-state index in [-0.39, 0.29) is 5.75 Å². The lowest BCUT2D eigenvalue weighted by atomic mass is 10.0. The minimum atomic E-state index is 0.226. The molecule has 0 bridgehead atoms. The van der Waals surface area contributed by atoms with Crippen LogP contribution in [0.3, 0.4) is 0 Å². The Hall–Kier alpha value is -2.35. The first-order valence-electron chi connectivity index (χ1n) is 6.31.